The largest absolute Gasteiger partial charge is 0.465 e. The van der Waals surface area contributed by atoms with Crippen molar-refractivity contribution in [3.05, 3.63) is 43.7 Å². The Labute approximate surface area is 99.7 Å². The lowest BCUT2D eigenvalue weighted by Gasteiger charge is -2.04. The smallest absolute Gasteiger partial charge is 0.345 e. The zero-order valence-corrected chi connectivity index (χ0v) is 9.98. The summed E-state index contributed by atoms with van der Waals surface area (Å²) in [5, 5.41) is 10.8. The quantitative estimate of drug-likeness (QED) is 0.468. The Kier molecular flexibility index (Phi) is 3.83. The molecule has 0 heterocycles. The van der Waals surface area contributed by atoms with Gasteiger partial charge < -0.3 is 10.5 Å². The molecule has 6 nitrogen and oxygen atoms in total. The molecule has 1 aliphatic carbocycles. The highest BCUT2D eigenvalue weighted by Gasteiger charge is 2.29. The average molecular weight is 289 g/mol. The fourth-order valence-corrected chi connectivity index (χ4v) is 1.74. The molecule has 86 valence electrons. The first-order chi connectivity index (χ1) is 7.47. The number of nitro groups is 1. The molecule has 0 saturated carbocycles. The number of carbonyl (C=O) groups is 1. The van der Waals surface area contributed by atoms with E-state index >= 15 is 0 Å². The van der Waals surface area contributed by atoms with Crippen molar-refractivity contribution in [1.82, 2.24) is 0 Å². The molecule has 0 aliphatic heterocycles. The summed E-state index contributed by atoms with van der Waals surface area (Å²) in [6.07, 6.45) is 2.89. The van der Waals surface area contributed by atoms with Crippen LogP contribution < -0.4 is 5.73 Å². The topological polar surface area (TPSA) is 95.5 Å². The van der Waals surface area contributed by atoms with Crippen molar-refractivity contribution in [3.63, 3.8) is 0 Å². The SMILES string of the molecule is COC(=O)C1=C([N+](=O)[O-])CC(N)=CC=C1Br. The van der Waals surface area contributed by atoms with Gasteiger partial charge in [0.05, 0.1) is 18.5 Å². The molecule has 0 saturated heterocycles. The summed E-state index contributed by atoms with van der Waals surface area (Å²) in [6.45, 7) is 0. The highest BCUT2D eigenvalue weighted by atomic mass is 79.9. The monoisotopic (exact) mass is 288 g/mol. The summed E-state index contributed by atoms with van der Waals surface area (Å²) in [7, 11) is 1.16. The molecule has 7 heteroatoms. The van der Waals surface area contributed by atoms with Crippen LogP contribution in [0.4, 0.5) is 0 Å². The van der Waals surface area contributed by atoms with Gasteiger partial charge in [0.15, 0.2) is 0 Å². The second-order valence-electron chi connectivity index (χ2n) is 3.00. The lowest BCUT2D eigenvalue weighted by Crippen LogP contribution is -2.14. The van der Waals surface area contributed by atoms with Crippen LogP contribution in [-0.4, -0.2) is 18.0 Å². The van der Waals surface area contributed by atoms with Crippen LogP contribution in [-0.2, 0) is 9.53 Å². The van der Waals surface area contributed by atoms with Gasteiger partial charge in [-0.3, -0.25) is 10.1 Å². The number of halogens is 1. The molecule has 1 rings (SSSR count). The van der Waals surface area contributed by atoms with Crippen LogP contribution in [0.2, 0.25) is 0 Å². The highest BCUT2D eigenvalue weighted by Crippen LogP contribution is 2.28. The Bertz CT molecular complexity index is 437. The number of hydrogen-bond donors (Lipinski definition) is 1. The minimum absolute atomic E-state index is 0.0942. The lowest BCUT2D eigenvalue weighted by molar-refractivity contribution is -0.427. The van der Waals surface area contributed by atoms with E-state index in [1.807, 2.05) is 0 Å². The molecule has 16 heavy (non-hydrogen) atoms. The maximum absolute atomic E-state index is 11.4. The van der Waals surface area contributed by atoms with Crippen LogP contribution in [0, 0.1) is 10.1 Å². The minimum atomic E-state index is -0.766. The Balaban J connectivity index is 3.36. The summed E-state index contributed by atoms with van der Waals surface area (Å²) in [5.74, 6) is -0.766. The molecular weight excluding hydrogens is 280 g/mol. The van der Waals surface area contributed by atoms with Crippen molar-refractivity contribution in [1.29, 1.82) is 0 Å². The summed E-state index contributed by atoms with van der Waals surface area (Å²) in [4.78, 5) is 21.6. The molecule has 0 aromatic heterocycles. The fraction of sp³-hybridized carbons (Fsp3) is 0.222. The average Bonchev–Trinajstić information content (AvgIpc) is 2.38. The highest BCUT2D eigenvalue weighted by molar-refractivity contribution is 9.12. The summed E-state index contributed by atoms with van der Waals surface area (Å²) < 4.78 is 4.78. The van der Waals surface area contributed by atoms with Crippen LogP contribution in [0.25, 0.3) is 0 Å². The molecule has 0 aromatic rings. The summed E-state index contributed by atoms with van der Waals surface area (Å²) in [5.41, 5.74) is 5.46. The van der Waals surface area contributed by atoms with Gasteiger partial charge in [-0.15, -0.1) is 0 Å². The molecule has 0 fully saturated rings. The Morgan fingerprint density at radius 1 is 1.62 bits per heavy atom. The second-order valence-corrected chi connectivity index (χ2v) is 3.86. The number of nitrogens with zero attached hydrogens (tertiary/aromatic N) is 1. The van der Waals surface area contributed by atoms with E-state index in [2.05, 4.69) is 20.7 Å². The molecule has 0 atom stereocenters. The lowest BCUT2D eigenvalue weighted by atomic mass is 10.1. The molecule has 0 spiro atoms. The van der Waals surface area contributed by atoms with E-state index in [0.29, 0.717) is 5.70 Å². The number of methoxy groups -OCH3 is 1. The zero-order chi connectivity index (χ0) is 12.3. The van der Waals surface area contributed by atoms with Crippen molar-refractivity contribution in [2.24, 2.45) is 5.73 Å². The van der Waals surface area contributed by atoms with Crippen LogP contribution in [0.5, 0.6) is 0 Å². The molecular formula is C9H9BrN2O4. The third-order valence-electron chi connectivity index (χ3n) is 1.95. The van der Waals surface area contributed by atoms with Gasteiger partial charge in [0.2, 0.25) is 0 Å². The first-order valence-corrected chi connectivity index (χ1v) is 5.04. The van der Waals surface area contributed by atoms with Crippen molar-refractivity contribution in [2.45, 2.75) is 6.42 Å². The molecule has 0 amide bonds. The Morgan fingerprint density at radius 3 is 2.75 bits per heavy atom. The van der Waals surface area contributed by atoms with E-state index in [9.17, 15) is 14.9 Å². The van der Waals surface area contributed by atoms with Gasteiger partial charge in [0.1, 0.15) is 5.57 Å². The van der Waals surface area contributed by atoms with E-state index in [0.717, 1.165) is 7.11 Å². The third-order valence-corrected chi connectivity index (χ3v) is 2.61. The fourth-order valence-electron chi connectivity index (χ4n) is 1.22. The van der Waals surface area contributed by atoms with Crippen LogP contribution >= 0.6 is 15.9 Å². The van der Waals surface area contributed by atoms with E-state index in [1.54, 1.807) is 0 Å². The van der Waals surface area contributed by atoms with Crippen LogP contribution in [0.1, 0.15) is 6.42 Å². The minimum Gasteiger partial charge on any atom is -0.465 e. The van der Waals surface area contributed by atoms with Crippen LogP contribution in [0.3, 0.4) is 0 Å². The van der Waals surface area contributed by atoms with E-state index < -0.39 is 10.9 Å². The van der Waals surface area contributed by atoms with Crippen molar-refractivity contribution in [3.8, 4) is 0 Å². The number of nitrogens with two attached hydrogens (primary N) is 1. The Hall–Kier alpha value is -1.63. The maximum atomic E-state index is 11.4. The summed E-state index contributed by atoms with van der Waals surface area (Å²) in [6, 6.07) is 0. The van der Waals surface area contributed by atoms with Gasteiger partial charge in [0.25, 0.3) is 5.70 Å². The van der Waals surface area contributed by atoms with Crippen molar-refractivity contribution >= 4 is 21.9 Å². The number of ether oxygens (including phenoxy) is 1. The number of allylic oxidation sites excluding steroid dienone is 2. The number of esters is 1. The van der Waals surface area contributed by atoms with E-state index in [1.165, 1.54) is 12.2 Å². The normalized spacial score (nSPS) is 16.1. The first-order valence-electron chi connectivity index (χ1n) is 4.25. The molecule has 0 bridgehead atoms. The predicted molar refractivity (Wildman–Crippen MR) is 59.9 cm³/mol. The zero-order valence-electron chi connectivity index (χ0n) is 8.40. The summed E-state index contributed by atoms with van der Waals surface area (Å²) >= 11 is 3.08. The maximum Gasteiger partial charge on any atom is 0.345 e. The number of hydrogen-bond acceptors (Lipinski definition) is 5. The van der Waals surface area contributed by atoms with Gasteiger partial charge in [-0.2, -0.15) is 0 Å². The standard InChI is InChI=1S/C9H9BrN2O4/c1-16-9(13)8-6(10)3-2-5(11)4-7(8)12(14)15/h2-3H,4,11H2,1H3. The Morgan fingerprint density at radius 2 is 2.25 bits per heavy atom. The molecule has 0 radical (unpaired) electrons. The predicted octanol–water partition coefficient (Wildman–Crippen LogP) is 1.22. The van der Waals surface area contributed by atoms with Crippen molar-refractivity contribution < 1.29 is 14.5 Å². The van der Waals surface area contributed by atoms with Gasteiger partial charge in [0, 0.05) is 10.2 Å². The first kappa shape index (κ1) is 12.4. The number of carbonyl (C=O) groups excluding carboxylic acids is 1. The van der Waals surface area contributed by atoms with Gasteiger partial charge >= 0.3 is 5.97 Å². The van der Waals surface area contributed by atoms with E-state index in [-0.39, 0.29) is 22.2 Å². The van der Waals surface area contributed by atoms with Gasteiger partial charge in [-0.25, -0.2) is 4.79 Å². The molecule has 1 aliphatic rings. The van der Waals surface area contributed by atoms with Crippen molar-refractivity contribution in [2.75, 3.05) is 7.11 Å². The third kappa shape index (κ3) is 2.48. The number of rotatable bonds is 2. The second kappa shape index (κ2) is 4.93. The molecule has 0 unspecified atom stereocenters. The molecule has 0 aromatic carbocycles. The van der Waals surface area contributed by atoms with Crippen LogP contribution in [0.15, 0.2) is 33.6 Å². The van der Waals surface area contributed by atoms with E-state index in [4.69, 9.17) is 5.73 Å². The molecule has 2 N–H and O–H groups in total. The van der Waals surface area contributed by atoms with Gasteiger partial charge in [-0.1, -0.05) is 0 Å². The van der Waals surface area contributed by atoms with Gasteiger partial charge in [-0.05, 0) is 28.1 Å².